The molecule has 2 aromatic rings. The lowest BCUT2D eigenvalue weighted by molar-refractivity contribution is 0.0482. The van der Waals surface area contributed by atoms with E-state index >= 15 is 0 Å². The third kappa shape index (κ3) is 2.60. The Morgan fingerprint density at radius 2 is 2.37 bits per heavy atom. The number of benzene rings is 1. The highest BCUT2D eigenvalue weighted by atomic mass is 19.1. The van der Waals surface area contributed by atoms with Gasteiger partial charge in [-0.05, 0) is 25.1 Å². The molecule has 0 aliphatic carbocycles. The van der Waals surface area contributed by atoms with Gasteiger partial charge in [0.05, 0.1) is 18.4 Å². The van der Waals surface area contributed by atoms with Gasteiger partial charge in [-0.1, -0.05) is 0 Å². The van der Waals surface area contributed by atoms with E-state index in [1.165, 1.54) is 18.3 Å². The van der Waals surface area contributed by atoms with Crippen molar-refractivity contribution in [2.45, 2.75) is 6.92 Å². The zero-order valence-electron chi connectivity index (χ0n) is 10.0. The highest BCUT2D eigenvalue weighted by molar-refractivity contribution is 5.84. The molecule has 0 bridgehead atoms. The molecule has 0 aliphatic heterocycles. The van der Waals surface area contributed by atoms with Crippen LogP contribution in [0, 0.1) is 17.1 Å². The van der Waals surface area contributed by atoms with Crippen LogP contribution in [-0.2, 0) is 4.74 Å². The van der Waals surface area contributed by atoms with Crippen LogP contribution in [0.5, 0.6) is 0 Å². The molecule has 96 valence electrons. The predicted molar refractivity (Wildman–Crippen MR) is 62.6 cm³/mol. The molecule has 1 heterocycles. The first kappa shape index (κ1) is 12.8. The summed E-state index contributed by atoms with van der Waals surface area (Å²) in [7, 11) is 0. The third-order valence-corrected chi connectivity index (χ3v) is 2.33. The van der Waals surface area contributed by atoms with Gasteiger partial charge in [0.15, 0.2) is 5.76 Å². The number of esters is 1. The Bertz CT molecular complexity index is 658. The van der Waals surface area contributed by atoms with Crippen molar-refractivity contribution >= 4 is 5.97 Å². The second-order valence-corrected chi connectivity index (χ2v) is 3.56. The average Bonchev–Trinajstić information content (AvgIpc) is 2.89. The maximum absolute atomic E-state index is 13.2. The lowest BCUT2D eigenvalue weighted by Gasteiger charge is -1.98. The van der Waals surface area contributed by atoms with Crippen LogP contribution in [0.15, 0.2) is 28.8 Å². The van der Waals surface area contributed by atoms with E-state index in [0.717, 1.165) is 6.07 Å². The summed E-state index contributed by atoms with van der Waals surface area (Å²) in [5, 5.41) is 8.74. The molecule has 0 amide bonds. The van der Waals surface area contributed by atoms with Crippen molar-refractivity contribution in [2.75, 3.05) is 6.61 Å². The lowest BCUT2D eigenvalue weighted by atomic mass is 10.1. The molecule has 0 atom stereocenters. The summed E-state index contributed by atoms with van der Waals surface area (Å²) in [5.74, 6) is -1.20. The van der Waals surface area contributed by atoms with Gasteiger partial charge in [0.1, 0.15) is 11.9 Å². The van der Waals surface area contributed by atoms with Crippen LogP contribution < -0.4 is 0 Å². The normalized spacial score (nSPS) is 9.95. The molecule has 0 saturated heterocycles. The number of hydrogen-bond donors (Lipinski definition) is 0. The molecular formula is C13H9FN2O3. The predicted octanol–water partition coefficient (Wildman–Crippen LogP) is 2.53. The Labute approximate surface area is 108 Å². The lowest BCUT2D eigenvalue weighted by Crippen LogP contribution is -2.04. The van der Waals surface area contributed by atoms with Crippen LogP contribution >= 0.6 is 0 Å². The van der Waals surface area contributed by atoms with Crippen molar-refractivity contribution in [1.82, 2.24) is 4.98 Å². The van der Waals surface area contributed by atoms with Crippen LogP contribution in [0.2, 0.25) is 0 Å². The first-order valence-corrected chi connectivity index (χ1v) is 5.48. The van der Waals surface area contributed by atoms with Crippen LogP contribution in [0.1, 0.15) is 23.2 Å². The largest absolute Gasteiger partial charge is 0.459 e. The molecule has 5 nitrogen and oxygen atoms in total. The smallest absolute Gasteiger partial charge is 0.394 e. The fraction of sp³-hybridized carbons (Fsp3) is 0.154. The van der Waals surface area contributed by atoms with Crippen molar-refractivity contribution in [1.29, 1.82) is 5.26 Å². The molecule has 0 aliphatic rings. The Morgan fingerprint density at radius 1 is 1.58 bits per heavy atom. The number of hydrogen-bond acceptors (Lipinski definition) is 5. The van der Waals surface area contributed by atoms with Gasteiger partial charge in [0, 0.05) is 5.56 Å². The SMILES string of the molecule is CCOC(=O)c1ncc(-c2ccc(F)c(C#N)c2)o1. The van der Waals surface area contributed by atoms with Gasteiger partial charge in [0.2, 0.25) is 0 Å². The van der Waals surface area contributed by atoms with Gasteiger partial charge in [-0.3, -0.25) is 0 Å². The molecule has 2 rings (SSSR count). The summed E-state index contributed by atoms with van der Waals surface area (Å²) >= 11 is 0. The van der Waals surface area contributed by atoms with Gasteiger partial charge in [0.25, 0.3) is 0 Å². The first-order chi connectivity index (χ1) is 9.15. The molecule has 0 N–H and O–H groups in total. The summed E-state index contributed by atoms with van der Waals surface area (Å²) in [6.07, 6.45) is 1.32. The molecule has 1 aromatic heterocycles. The van der Waals surface area contributed by atoms with E-state index in [4.69, 9.17) is 14.4 Å². The minimum Gasteiger partial charge on any atom is -0.459 e. The van der Waals surface area contributed by atoms with Gasteiger partial charge < -0.3 is 9.15 Å². The number of carbonyl (C=O) groups excluding carboxylic acids is 1. The van der Waals surface area contributed by atoms with Crippen LogP contribution in [0.25, 0.3) is 11.3 Å². The molecule has 0 unspecified atom stereocenters. The zero-order valence-corrected chi connectivity index (χ0v) is 10.0. The standard InChI is InChI=1S/C13H9FN2O3/c1-2-18-13(17)12-16-7-11(19-12)8-3-4-10(14)9(5-8)6-15/h3-5,7H,2H2,1H3. The number of aromatic nitrogens is 1. The third-order valence-electron chi connectivity index (χ3n) is 2.33. The van der Waals surface area contributed by atoms with Crippen molar-refractivity contribution in [3.8, 4) is 17.4 Å². The average molecular weight is 260 g/mol. The van der Waals surface area contributed by atoms with Gasteiger partial charge in [-0.25, -0.2) is 14.2 Å². The maximum atomic E-state index is 13.2. The Balaban J connectivity index is 2.33. The molecule has 0 fully saturated rings. The number of oxazole rings is 1. The molecule has 1 aromatic carbocycles. The summed E-state index contributed by atoms with van der Waals surface area (Å²) in [6.45, 7) is 1.88. The maximum Gasteiger partial charge on any atom is 0.394 e. The quantitative estimate of drug-likeness (QED) is 0.792. The van der Waals surface area contributed by atoms with E-state index in [-0.39, 0.29) is 23.8 Å². The summed E-state index contributed by atoms with van der Waals surface area (Å²) in [6, 6.07) is 5.64. The van der Waals surface area contributed by atoms with E-state index in [1.54, 1.807) is 13.0 Å². The van der Waals surface area contributed by atoms with E-state index in [2.05, 4.69) is 4.98 Å². The van der Waals surface area contributed by atoms with Gasteiger partial charge in [-0.15, -0.1) is 0 Å². The fourth-order valence-corrected chi connectivity index (χ4v) is 1.46. The fourth-order valence-electron chi connectivity index (χ4n) is 1.46. The number of nitriles is 1. The van der Waals surface area contributed by atoms with Gasteiger partial charge >= 0.3 is 11.9 Å². The molecule has 0 radical (unpaired) electrons. The van der Waals surface area contributed by atoms with E-state index < -0.39 is 11.8 Å². The van der Waals surface area contributed by atoms with Crippen molar-refractivity contribution in [2.24, 2.45) is 0 Å². The highest BCUT2D eigenvalue weighted by Gasteiger charge is 2.15. The first-order valence-electron chi connectivity index (χ1n) is 5.48. The molecule has 0 saturated carbocycles. The molecule has 0 spiro atoms. The summed E-state index contributed by atoms with van der Waals surface area (Å²) in [5.41, 5.74) is 0.354. The topological polar surface area (TPSA) is 76.1 Å². The van der Waals surface area contributed by atoms with E-state index in [9.17, 15) is 9.18 Å². The second kappa shape index (κ2) is 5.31. The van der Waals surface area contributed by atoms with Crippen molar-refractivity contribution in [3.05, 3.63) is 41.7 Å². The Kier molecular flexibility index (Phi) is 3.57. The van der Waals surface area contributed by atoms with E-state index in [0.29, 0.717) is 5.56 Å². The molecule has 19 heavy (non-hydrogen) atoms. The number of nitrogens with zero attached hydrogens (tertiary/aromatic N) is 2. The zero-order chi connectivity index (χ0) is 13.8. The molecular weight excluding hydrogens is 251 g/mol. The monoisotopic (exact) mass is 260 g/mol. The minimum absolute atomic E-state index is 0.105. The number of halogens is 1. The van der Waals surface area contributed by atoms with E-state index in [1.807, 2.05) is 0 Å². The van der Waals surface area contributed by atoms with Crippen LogP contribution in [-0.4, -0.2) is 17.6 Å². The summed E-state index contributed by atoms with van der Waals surface area (Å²) in [4.78, 5) is 15.1. The Morgan fingerprint density at radius 3 is 3.05 bits per heavy atom. The second-order valence-electron chi connectivity index (χ2n) is 3.56. The molecule has 6 heteroatoms. The van der Waals surface area contributed by atoms with Gasteiger partial charge in [-0.2, -0.15) is 5.26 Å². The minimum atomic E-state index is -0.670. The van der Waals surface area contributed by atoms with Crippen molar-refractivity contribution < 1.29 is 18.3 Å². The van der Waals surface area contributed by atoms with Crippen LogP contribution in [0.3, 0.4) is 0 Å². The highest BCUT2D eigenvalue weighted by Crippen LogP contribution is 2.23. The summed E-state index contributed by atoms with van der Waals surface area (Å²) < 4.78 is 23.1. The number of rotatable bonds is 3. The van der Waals surface area contributed by atoms with Crippen LogP contribution in [0.4, 0.5) is 4.39 Å². The number of ether oxygens (including phenoxy) is 1. The number of carbonyl (C=O) groups is 1. The van der Waals surface area contributed by atoms with Crippen molar-refractivity contribution in [3.63, 3.8) is 0 Å². The Hall–Kier alpha value is -2.68.